The maximum atomic E-state index is 5.76. The average molecular weight is 242 g/mol. The summed E-state index contributed by atoms with van der Waals surface area (Å²) in [5.74, 6) is 1.39. The Morgan fingerprint density at radius 3 is 2.78 bits per heavy atom. The van der Waals surface area contributed by atoms with E-state index in [1.54, 1.807) is 24.8 Å². The van der Waals surface area contributed by atoms with Crippen molar-refractivity contribution in [3.8, 4) is 17.1 Å². The molecule has 0 aliphatic carbocycles. The molecule has 1 fully saturated rings. The van der Waals surface area contributed by atoms with Gasteiger partial charge in [-0.3, -0.25) is 4.98 Å². The summed E-state index contributed by atoms with van der Waals surface area (Å²) in [5, 5.41) is 3.26. The van der Waals surface area contributed by atoms with Crippen molar-refractivity contribution < 1.29 is 4.74 Å². The van der Waals surface area contributed by atoms with Crippen molar-refractivity contribution in [1.29, 1.82) is 0 Å². The van der Waals surface area contributed by atoms with Gasteiger partial charge in [0, 0.05) is 24.5 Å². The molecule has 0 saturated carbocycles. The highest BCUT2D eigenvalue weighted by molar-refractivity contribution is 5.52. The van der Waals surface area contributed by atoms with Crippen molar-refractivity contribution in [2.75, 3.05) is 13.1 Å². The molecular formula is C13H14N4O. The number of ether oxygens (including phenoxy) is 1. The lowest BCUT2D eigenvalue weighted by molar-refractivity contribution is 0.221. The normalized spacial score (nSPS) is 18.8. The van der Waals surface area contributed by atoms with Gasteiger partial charge in [0.25, 0.3) is 0 Å². The van der Waals surface area contributed by atoms with E-state index in [9.17, 15) is 0 Å². The molecule has 0 amide bonds. The molecular weight excluding hydrogens is 228 g/mol. The lowest BCUT2D eigenvalue weighted by atomic mass is 10.3. The summed E-state index contributed by atoms with van der Waals surface area (Å²) in [5.41, 5.74) is 0.909. The quantitative estimate of drug-likeness (QED) is 0.878. The zero-order valence-electron chi connectivity index (χ0n) is 9.91. The van der Waals surface area contributed by atoms with Crippen molar-refractivity contribution >= 4 is 0 Å². The van der Waals surface area contributed by atoms with E-state index in [1.807, 2.05) is 12.1 Å². The SMILES string of the molecule is c1cncc(-c2ncc(OC3CCNC3)cn2)c1. The molecule has 1 aliphatic rings. The van der Waals surface area contributed by atoms with Gasteiger partial charge in [0.15, 0.2) is 11.6 Å². The van der Waals surface area contributed by atoms with Crippen molar-refractivity contribution in [2.24, 2.45) is 0 Å². The average Bonchev–Trinajstić information content (AvgIpc) is 2.94. The number of nitrogens with one attached hydrogen (secondary N) is 1. The fraction of sp³-hybridized carbons (Fsp3) is 0.308. The predicted molar refractivity (Wildman–Crippen MR) is 67.2 cm³/mol. The molecule has 5 nitrogen and oxygen atoms in total. The lowest BCUT2D eigenvalue weighted by Crippen LogP contribution is -2.19. The molecule has 2 aromatic rings. The highest BCUT2D eigenvalue weighted by Crippen LogP contribution is 2.17. The van der Waals surface area contributed by atoms with Crippen LogP contribution in [-0.2, 0) is 0 Å². The van der Waals surface area contributed by atoms with Gasteiger partial charge in [0.05, 0.1) is 12.4 Å². The maximum absolute atomic E-state index is 5.76. The van der Waals surface area contributed by atoms with Crippen LogP contribution in [0.2, 0.25) is 0 Å². The van der Waals surface area contributed by atoms with Crippen LogP contribution < -0.4 is 10.1 Å². The minimum absolute atomic E-state index is 0.234. The van der Waals surface area contributed by atoms with Crippen LogP contribution in [0.3, 0.4) is 0 Å². The molecule has 0 aromatic carbocycles. The topological polar surface area (TPSA) is 59.9 Å². The van der Waals surface area contributed by atoms with Gasteiger partial charge in [-0.05, 0) is 25.1 Å². The van der Waals surface area contributed by atoms with Gasteiger partial charge in [-0.2, -0.15) is 0 Å². The number of nitrogens with zero attached hydrogens (tertiary/aromatic N) is 3. The largest absolute Gasteiger partial charge is 0.486 e. The second-order valence-electron chi connectivity index (χ2n) is 4.22. The van der Waals surface area contributed by atoms with Crippen LogP contribution in [0.25, 0.3) is 11.4 Å². The summed E-state index contributed by atoms with van der Waals surface area (Å²) >= 11 is 0. The zero-order valence-corrected chi connectivity index (χ0v) is 9.91. The third-order valence-corrected chi connectivity index (χ3v) is 2.87. The van der Waals surface area contributed by atoms with Gasteiger partial charge in [-0.25, -0.2) is 9.97 Å². The Morgan fingerprint density at radius 2 is 2.11 bits per heavy atom. The minimum atomic E-state index is 0.234. The Balaban J connectivity index is 1.72. The van der Waals surface area contributed by atoms with Crippen LogP contribution in [0.5, 0.6) is 5.75 Å². The van der Waals surface area contributed by atoms with E-state index < -0.39 is 0 Å². The maximum Gasteiger partial charge on any atom is 0.160 e. The van der Waals surface area contributed by atoms with Crippen LogP contribution in [0.15, 0.2) is 36.9 Å². The van der Waals surface area contributed by atoms with E-state index in [0.29, 0.717) is 5.82 Å². The van der Waals surface area contributed by atoms with Gasteiger partial charge in [-0.1, -0.05) is 0 Å². The molecule has 1 aliphatic heterocycles. The minimum Gasteiger partial charge on any atom is -0.486 e. The third-order valence-electron chi connectivity index (χ3n) is 2.87. The molecule has 0 spiro atoms. The molecule has 5 heteroatoms. The molecule has 1 N–H and O–H groups in total. The highest BCUT2D eigenvalue weighted by atomic mass is 16.5. The number of aromatic nitrogens is 3. The fourth-order valence-electron chi connectivity index (χ4n) is 1.94. The smallest absolute Gasteiger partial charge is 0.160 e. The third kappa shape index (κ3) is 2.46. The van der Waals surface area contributed by atoms with Crippen molar-refractivity contribution in [3.63, 3.8) is 0 Å². The fourth-order valence-corrected chi connectivity index (χ4v) is 1.94. The van der Waals surface area contributed by atoms with Crippen LogP contribution in [0.4, 0.5) is 0 Å². The Bertz CT molecular complexity index is 494. The zero-order chi connectivity index (χ0) is 12.2. The Labute approximate surface area is 105 Å². The molecule has 18 heavy (non-hydrogen) atoms. The second-order valence-corrected chi connectivity index (χ2v) is 4.22. The summed E-state index contributed by atoms with van der Waals surface area (Å²) in [7, 11) is 0. The standard InChI is InChI=1S/C13H14N4O/c1-2-10(6-14-4-1)13-16-8-12(9-17-13)18-11-3-5-15-7-11/h1-2,4,6,8-9,11,15H,3,5,7H2. The van der Waals surface area contributed by atoms with Crippen LogP contribution in [0.1, 0.15) is 6.42 Å². The number of hydrogen-bond donors (Lipinski definition) is 1. The molecule has 0 radical (unpaired) electrons. The Kier molecular flexibility index (Phi) is 3.14. The molecule has 1 unspecified atom stereocenters. The summed E-state index contributed by atoms with van der Waals surface area (Å²) < 4.78 is 5.76. The van der Waals surface area contributed by atoms with E-state index >= 15 is 0 Å². The van der Waals surface area contributed by atoms with Gasteiger partial charge < -0.3 is 10.1 Å². The summed E-state index contributed by atoms with van der Waals surface area (Å²) in [6, 6.07) is 3.80. The van der Waals surface area contributed by atoms with Crippen molar-refractivity contribution in [2.45, 2.75) is 12.5 Å². The molecule has 3 rings (SSSR count). The molecule has 2 aromatic heterocycles. The van der Waals surface area contributed by atoms with Crippen LogP contribution in [-0.4, -0.2) is 34.1 Å². The Morgan fingerprint density at radius 1 is 1.22 bits per heavy atom. The van der Waals surface area contributed by atoms with Crippen molar-refractivity contribution in [1.82, 2.24) is 20.3 Å². The first-order valence-corrected chi connectivity index (χ1v) is 6.01. The first-order chi connectivity index (χ1) is 8.92. The predicted octanol–water partition coefficient (Wildman–Crippen LogP) is 1.28. The van der Waals surface area contributed by atoms with Gasteiger partial charge in [0.2, 0.25) is 0 Å². The van der Waals surface area contributed by atoms with E-state index in [-0.39, 0.29) is 6.10 Å². The van der Waals surface area contributed by atoms with E-state index in [0.717, 1.165) is 30.8 Å². The highest BCUT2D eigenvalue weighted by Gasteiger charge is 2.16. The monoisotopic (exact) mass is 242 g/mol. The van der Waals surface area contributed by atoms with Crippen LogP contribution in [0, 0.1) is 0 Å². The number of rotatable bonds is 3. The molecule has 1 saturated heterocycles. The first-order valence-electron chi connectivity index (χ1n) is 6.01. The van der Waals surface area contributed by atoms with Crippen LogP contribution >= 0.6 is 0 Å². The summed E-state index contributed by atoms with van der Waals surface area (Å²) in [6.07, 6.45) is 8.18. The molecule has 0 bridgehead atoms. The lowest BCUT2D eigenvalue weighted by Gasteiger charge is -2.11. The second kappa shape index (κ2) is 5.10. The van der Waals surface area contributed by atoms with Gasteiger partial charge in [0.1, 0.15) is 6.10 Å². The number of hydrogen-bond acceptors (Lipinski definition) is 5. The number of pyridine rings is 1. The van der Waals surface area contributed by atoms with Gasteiger partial charge >= 0.3 is 0 Å². The van der Waals surface area contributed by atoms with E-state index in [2.05, 4.69) is 20.3 Å². The van der Waals surface area contributed by atoms with E-state index in [1.165, 1.54) is 0 Å². The van der Waals surface area contributed by atoms with Gasteiger partial charge in [-0.15, -0.1) is 0 Å². The summed E-state index contributed by atoms with van der Waals surface area (Å²) in [4.78, 5) is 12.6. The summed E-state index contributed by atoms with van der Waals surface area (Å²) in [6.45, 7) is 1.91. The molecule has 92 valence electrons. The molecule has 1 atom stereocenters. The first kappa shape index (κ1) is 11.1. The Hall–Kier alpha value is -2.01. The van der Waals surface area contributed by atoms with E-state index in [4.69, 9.17) is 4.74 Å². The van der Waals surface area contributed by atoms with Crippen molar-refractivity contribution in [3.05, 3.63) is 36.9 Å². The molecule has 3 heterocycles.